The first kappa shape index (κ1) is 12.9. The normalized spacial score (nSPS) is 11.0. The van der Waals surface area contributed by atoms with Crippen molar-refractivity contribution in [1.29, 1.82) is 0 Å². The zero-order valence-corrected chi connectivity index (χ0v) is 12.6. The van der Waals surface area contributed by atoms with Gasteiger partial charge in [-0.3, -0.25) is 5.32 Å². The lowest BCUT2D eigenvalue weighted by atomic mass is 10.2. The van der Waals surface area contributed by atoms with Crippen molar-refractivity contribution in [2.24, 2.45) is 0 Å². The summed E-state index contributed by atoms with van der Waals surface area (Å²) in [5.74, 6) is 0. The summed E-state index contributed by atoms with van der Waals surface area (Å²) in [5, 5.41) is 3.68. The molecule has 0 aliphatic carbocycles. The topological polar surface area (TPSA) is 24.9 Å². The van der Waals surface area contributed by atoms with Crippen LogP contribution in [0.3, 0.4) is 0 Å². The standard InChI is InChI=1S/C14H16N2SSi/c1-5-15-14-16-12(11-9-7-6-8-10-11)13(17-14)18(2,3)4/h1,6-10H,2-4H3,(H,15,16). The van der Waals surface area contributed by atoms with E-state index in [9.17, 15) is 0 Å². The second-order valence-electron chi connectivity index (χ2n) is 5.08. The smallest absolute Gasteiger partial charge is 0.194 e. The third-order valence-electron chi connectivity index (χ3n) is 2.53. The maximum absolute atomic E-state index is 5.28. The van der Waals surface area contributed by atoms with E-state index in [2.05, 4.69) is 48.1 Å². The van der Waals surface area contributed by atoms with Gasteiger partial charge in [-0.05, 0) is 0 Å². The van der Waals surface area contributed by atoms with Crippen molar-refractivity contribution in [1.82, 2.24) is 4.98 Å². The molecule has 1 heterocycles. The van der Waals surface area contributed by atoms with Crippen LogP contribution in [0.4, 0.5) is 5.13 Å². The van der Waals surface area contributed by atoms with Gasteiger partial charge in [-0.25, -0.2) is 4.98 Å². The maximum atomic E-state index is 5.28. The van der Waals surface area contributed by atoms with Crippen molar-refractivity contribution < 1.29 is 0 Å². The molecule has 18 heavy (non-hydrogen) atoms. The van der Waals surface area contributed by atoms with Crippen LogP contribution in [0.1, 0.15) is 0 Å². The highest BCUT2D eigenvalue weighted by Crippen LogP contribution is 2.26. The third-order valence-corrected chi connectivity index (χ3v) is 7.06. The van der Waals surface area contributed by atoms with Gasteiger partial charge in [0, 0.05) is 16.1 Å². The van der Waals surface area contributed by atoms with Crippen molar-refractivity contribution in [3.05, 3.63) is 30.3 Å². The number of anilines is 1. The molecule has 2 nitrogen and oxygen atoms in total. The highest BCUT2D eigenvalue weighted by atomic mass is 32.1. The van der Waals surface area contributed by atoms with Crippen molar-refractivity contribution in [3.63, 3.8) is 0 Å². The highest BCUT2D eigenvalue weighted by Gasteiger charge is 2.25. The number of thiazole rings is 1. The number of aromatic nitrogens is 1. The van der Waals surface area contributed by atoms with Gasteiger partial charge < -0.3 is 0 Å². The average molecular weight is 272 g/mol. The van der Waals surface area contributed by atoms with E-state index in [-0.39, 0.29) is 0 Å². The third kappa shape index (κ3) is 2.63. The van der Waals surface area contributed by atoms with Crippen LogP contribution in [0.15, 0.2) is 30.3 Å². The molecule has 0 saturated carbocycles. The van der Waals surface area contributed by atoms with Crippen LogP contribution in [0, 0.1) is 12.5 Å². The van der Waals surface area contributed by atoms with Gasteiger partial charge in [0.05, 0.1) is 13.8 Å². The first-order chi connectivity index (χ1) is 8.52. The Hall–Kier alpha value is -1.57. The number of hydrogen-bond acceptors (Lipinski definition) is 3. The molecule has 4 heteroatoms. The van der Waals surface area contributed by atoms with Gasteiger partial charge in [0.1, 0.15) is 0 Å². The molecule has 0 aliphatic heterocycles. The van der Waals surface area contributed by atoms with Crippen LogP contribution < -0.4 is 9.82 Å². The van der Waals surface area contributed by atoms with E-state index in [4.69, 9.17) is 6.42 Å². The fraction of sp³-hybridized carbons (Fsp3) is 0.214. The van der Waals surface area contributed by atoms with E-state index in [0.29, 0.717) is 0 Å². The van der Waals surface area contributed by atoms with E-state index >= 15 is 0 Å². The lowest BCUT2D eigenvalue weighted by Crippen LogP contribution is -2.36. The molecule has 0 unspecified atom stereocenters. The molecule has 0 fully saturated rings. The Labute approximate surface area is 113 Å². The zero-order chi connectivity index (χ0) is 13.2. The van der Waals surface area contributed by atoms with Crippen LogP contribution in [0.5, 0.6) is 0 Å². The van der Waals surface area contributed by atoms with E-state index in [1.54, 1.807) is 11.3 Å². The fourth-order valence-electron chi connectivity index (χ4n) is 1.74. The Balaban J connectivity index is 2.56. The number of nitrogens with zero attached hydrogens (tertiary/aromatic N) is 1. The molecule has 0 atom stereocenters. The lowest BCUT2D eigenvalue weighted by molar-refractivity contribution is 1.40. The van der Waals surface area contributed by atoms with Gasteiger partial charge in [0.25, 0.3) is 0 Å². The SMILES string of the molecule is C#CNc1nc(-c2ccccc2)c([Si](C)(C)C)s1. The highest BCUT2D eigenvalue weighted by molar-refractivity contribution is 7.29. The van der Waals surface area contributed by atoms with Crippen LogP contribution in [-0.2, 0) is 0 Å². The summed E-state index contributed by atoms with van der Waals surface area (Å²) in [6.45, 7) is 6.98. The number of terminal acetylenes is 1. The zero-order valence-electron chi connectivity index (χ0n) is 10.8. The summed E-state index contributed by atoms with van der Waals surface area (Å²) in [6.07, 6.45) is 5.28. The summed E-state index contributed by atoms with van der Waals surface area (Å²) in [6, 6.07) is 12.7. The van der Waals surface area contributed by atoms with E-state index in [1.165, 1.54) is 4.50 Å². The van der Waals surface area contributed by atoms with E-state index in [1.807, 2.05) is 18.2 Å². The molecule has 92 valence electrons. The minimum absolute atomic E-state index is 0.814. The molecular formula is C14H16N2SSi. The van der Waals surface area contributed by atoms with Crippen LogP contribution in [-0.4, -0.2) is 13.1 Å². The lowest BCUT2D eigenvalue weighted by Gasteiger charge is -2.15. The summed E-state index contributed by atoms with van der Waals surface area (Å²) in [4.78, 5) is 4.64. The molecule has 0 bridgehead atoms. The maximum Gasteiger partial charge on any atom is 0.194 e. The van der Waals surface area contributed by atoms with Gasteiger partial charge in [0.15, 0.2) is 5.13 Å². The molecule has 1 aromatic carbocycles. The van der Waals surface area contributed by atoms with E-state index in [0.717, 1.165) is 16.4 Å². The van der Waals surface area contributed by atoms with Gasteiger partial charge in [0.2, 0.25) is 0 Å². The monoisotopic (exact) mass is 272 g/mol. The van der Waals surface area contributed by atoms with Crippen molar-refractivity contribution in [3.8, 4) is 23.7 Å². The van der Waals surface area contributed by atoms with Gasteiger partial charge in [-0.1, -0.05) is 56.4 Å². The Morgan fingerprint density at radius 2 is 1.89 bits per heavy atom. The summed E-state index contributed by atoms with van der Waals surface area (Å²) in [5.41, 5.74) is 2.24. The number of benzene rings is 1. The molecule has 1 aromatic heterocycles. The molecule has 0 saturated heterocycles. The minimum atomic E-state index is -1.42. The van der Waals surface area contributed by atoms with Gasteiger partial charge in [-0.2, -0.15) is 0 Å². The molecule has 2 rings (SSSR count). The quantitative estimate of drug-likeness (QED) is 0.526. The molecule has 1 N–H and O–H groups in total. The van der Waals surface area contributed by atoms with Gasteiger partial charge in [-0.15, -0.1) is 11.3 Å². The predicted octanol–water partition coefficient (Wildman–Crippen LogP) is 3.36. The Morgan fingerprint density at radius 1 is 1.22 bits per heavy atom. The molecule has 0 aliphatic rings. The van der Waals surface area contributed by atoms with Crippen molar-refractivity contribution in [2.45, 2.75) is 19.6 Å². The van der Waals surface area contributed by atoms with Crippen molar-refractivity contribution >= 4 is 29.0 Å². The Morgan fingerprint density at radius 3 is 2.44 bits per heavy atom. The molecule has 0 radical (unpaired) electrons. The summed E-state index contributed by atoms with van der Waals surface area (Å²) in [7, 11) is -1.42. The molecule has 0 spiro atoms. The first-order valence-corrected chi connectivity index (χ1v) is 10.1. The summed E-state index contributed by atoms with van der Waals surface area (Å²) < 4.78 is 1.38. The number of nitrogens with one attached hydrogen (secondary N) is 1. The molecule has 0 amide bonds. The Bertz CT molecular complexity index is 576. The fourth-order valence-corrected chi connectivity index (χ4v) is 4.86. The number of rotatable bonds is 3. The predicted molar refractivity (Wildman–Crippen MR) is 83.0 cm³/mol. The largest absolute Gasteiger partial charge is 0.291 e. The minimum Gasteiger partial charge on any atom is -0.291 e. The second-order valence-corrected chi connectivity index (χ2v) is 11.4. The average Bonchev–Trinajstić information content (AvgIpc) is 2.75. The van der Waals surface area contributed by atoms with Crippen LogP contribution in [0.2, 0.25) is 19.6 Å². The van der Waals surface area contributed by atoms with Gasteiger partial charge >= 0.3 is 0 Å². The summed E-state index contributed by atoms with van der Waals surface area (Å²) >= 11 is 1.68. The second kappa shape index (κ2) is 4.97. The molecule has 2 aromatic rings. The Kier molecular flexibility index (Phi) is 3.55. The van der Waals surface area contributed by atoms with Crippen molar-refractivity contribution in [2.75, 3.05) is 5.32 Å². The van der Waals surface area contributed by atoms with Crippen LogP contribution >= 0.6 is 11.3 Å². The van der Waals surface area contributed by atoms with E-state index < -0.39 is 8.07 Å². The first-order valence-electron chi connectivity index (χ1n) is 5.80. The van der Waals surface area contributed by atoms with Crippen LogP contribution in [0.25, 0.3) is 11.3 Å². The number of hydrogen-bond donors (Lipinski definition) is 1. The molecular weight excluding hydrogens is 256 g/mol.